The van der Waals surface area contributed by atoms with Crippen molar-refractivity contribution in [3.05, 3.63) is 175 Å². The van der Waals surface area contributed by atoms with Crippen molar-refractivity contribution >= 4 is 27.8 Å². The van der Waals surface area contributed by atoms with Gasteiger partial charge in [0.05, 0.1) is 0 Å². The van der Waals surface area contributed by atoms with Gasteiger partial charge >= 0.3 is 0 Å². The lowest BCUT2D eigenvalue weighted by Gasteiger charge is -2.27. The van der Waals surface area contributed by atoms with E-state index in [1.165, 1.54) is 55.3 Å². The standard InChI is InChI=1S/C43H33N/c1-43(2)41-21-9-8-18-39(41)40-20-11-19-38(42(40)43)31-24-26-36(27-25-31)44(35-15-4-3-5-16-35)37-17-10-14-33(29-37)34-23-22-30-12-6-7-13-32(30)28-34/h3-29H,1-2H3. The van der Waals surface area contributed by atoms with Crippen molar-refractivity contribution in [3.63, 3.8) is 0 Å². The van der Waals surface area contributed by atoms with Gasteiger partial charge in [-0.1, -0.05) is 135 Å². The lowest BCUT2D eigenvalue weighted by atomic mass is 9.79. The van der Waals surface area contributed by atoms with Gasteiger partial charge in [0.25, 0.3) is 0 Å². The topological polar surface area (TPSA) is 3.24 Å². The fourth-order valence-electron chi connectivity index (χ4n) is 7.10. The molecule has 0 amide bonds. The zero-order valence-corrected chi connectivity index (χ0v) is 25.0. The maximum Gasteiger partial charge on any atom is 0.0467 e. The van der Waals surface area contributed by atoms with Gasteiger partial charge in [0.15, 0.2) is 0 Å². The smallest absolute Gasteiger partial charge is 0.0467 e. The molecule has 7 aromatic rings. The molecule has 1 aliphatic carbocycles. The van der Waals surface area contributed by atoms with E-state index in [0.29, 0.717) is 0 Å². The van der Waals surface area contributed by atoms with Gasteiger partial charge in [0.1, 0.15) is 0 Å². The minimum Gasteiger partial charge on any atom is -0.310 e. The molecular formula is C43H33N. The van der Waals surface area contributed by atoms with Crippen LogP contribution in [0.25, 0.3) is 44.2 Å². The molecule has 0 spiro atoms. The second-order valence-corrected chi connectivity index (χ2v) is 12.2. The van der Waals surface area contributed by atoms with Crippen LogP contribution in [-0.4, -0.2) is 0 Å². The molecule has 210 valence electrons. The summed E-state index contributed by atoms with van der Waals surface area (Å²) in [6.07, 6.45) is 0. The van der Waals surface area contributed by atoms with Crippen LogP contribution in [0, 0.1) is 0 Å². The average Bonchev–Trinajstić information content (AvgIpc) is 3.32. The first-order valence-electron chi connectivity index (χ1n) is 15.4. The van der Waals surface area contributed by atoms with Gasteiger partial charge in [-0.15, -0.1) is 0 Å². The predicted octanol–water partition coefficient (Wildman–Crippen LogP) is 11.9. The van der Waals surface area contributed by atoms with E-state index in [4.69, 9.17) is 0 Å². The van der Waals surface area contributed by atoms with Crippen LogP contribution in [-0.2, 0) is 5.41 Å². The van der Waals surface area contributed by atoms with E-state index >= 15 is 0 Å². The van der Waals surface area contributed by atoms with Crippen LogP contribution < -0.4 is 4.90 Å². The van der Waals surface area contributed by atoms with Gasteiger partial charge < -0.3 is 4.90 Å². The van der Waals surface area contributed by atoms with Crippen LogP contribution in [0.3, 0.4) is 0 Å². The lowest BCUT2D eigenvalue weighted by molar-refractivity contribution is 0.662. The second kappa shape index (κ2) is 10.4. The van der Waals surface area contributed by atoms with Crippen LogP contribution in [0.2, 0.25) is 0 Å². The molecule has 0 saturated carbocycles. The first-order valence-corrected chi connectivity index (χ1v) is 15.4. The van der Waals surface area contributed by atoms with Crippen molar-refractivity contribution in [2.24, 2.45) is 0 Å². The Kier molecular flexibility index (Phi) is 6.20. The van der Waals surface area contributed by atoms with Crippen LogP contribution in [0.1, 0.15) is 25.0 Å². The van der Waals surface area contributed by atoms with Crippen molar-refractivity contribution in [1.29, 1.82) is 0 Å². The molecular weight excluding hydrogens is 530 g/mol. The molecule has 1 heteroatoms. The second-order valence-electron chi connectivity index (χ2n) is 12.2. The number of nitrogens with zero attached hydrogens (tertiary/aromatic N) is 1. The molecule has 0 aromatic heterocycles. The Bertz CT molecular complexity index is 2140. The van der Waals surface area contributed by atoms with Gasteiger partial charge in [0.2, 0.25) is 0 Å². The first-order chi connectivity index (χ1) is 21.6. The third kappa shape index (κ3) is 4.32. The van der Waals surface area contributed by atoms with E-state index in [9.17, 15) is 0 Å². The Morgan fingerprint density at radius 1 is 0.386 bits per heavy atom. The van der Waals surface area contributed by atoms with E-state index < -0.39 is 0 Å². The maximum atomic E-state index is 2.36. The highest BCUT2D eigenvalue weighted by Crippen LogP contribution is 2.52. The normalized spacial score (nSPS) is 13.0. The molecule has 1 nitrogen and oxygen atoms in total. The Morgan fingerprint density at radius 2 is 0.977 bits per heavy atom. The van der Waals surface area contributed by atoms with Crippen LogP contribution >= 0.6 is 0 Å². The van der Waals surface area contributed by atoms with Crippen molar-refractivity contribution < 1.29 is 0 Å². The summed E-state index contributed by atoms with van der Waals surface area (Å²) in [5, 5.41) is 2.51. The molecule has 0 bridgehead atoms. The summed E-state index contributed by atoms with van der Waals surface area (Å²) in [7, 11) is 0. The molecule has 7 aromatic carbocycles. The van der Waals surface area contributed by atoms with Crippen LogP contribution in [0.15, 0.2) is 164 Å². The van der Waals surface area contributed by atoms with E-state index in [1.807, 2.05) is 0 Å². The molecule has 0 unspecified atom stereocenters. The zero-order chi connectivity index (χ0) is 29.7. The first kappa shape index (κ1) is 26.2. The number of anilines is 3. The zero-order valence-electron chi connectivity index (χ0n) is 25.0. The molecule has 0 atom stereocenters. The van der Waals surface area contributed by atoms with E-state index in [1.54, 1.807) is 0 Å². The Hall–Kier alpha value is -5.40. The van der Waals surface area contributed by atoms with Gasteiger partial charge in [-0.05, 0) is 97.7 Å². The lowest BCUT2D eigenvalue weighted by Crippen LogP contribution is -2.16. The number of benzene rings is 7. The minimum absolute atomic E-state index is 0.0551. The highest BCUT2D eigenvalue weighted by atomic mass is 15.1. The summed E-state index contributed by atoms with van der Waals surface area (Å²) in [6, 6.07) is 59.5. The largest absolute Gasteiger partial charge is 0.310 e. The molecule has 0 radical (unpaired) electrons. The molecule has 8 rings (SSSR count). The summed E-state index contributed by atoms with van der Waals surface area (Å²) in [5.74, 6) is 0. The minimum atomic E-state index is -0.0551. The SMILES string of the molecule is CC1(C)c2ccccc2-c2cccc(-c3ccc(N(c4ccccc4)c4cccc(-c5ccc6ccccc6c5)c4)cc3)c21. The highest BCUT2D eigenvalue weighted by Gasteiger charge is 2.37. The van der Waals surface area contributed by atoms with E-state index in [-0.39, 0.29) is 5.41 Å². The van der Waals surface area contributed by atoms with E-state index in [2.05, 4.69) is 183 Å². The monoisotopic (exact) mass is 563 g/mol. The maximum absolute atomic E-state index is 2.36. The van der Waals surface area contributed by atoms with Gasteiger partial charge in [0, 0.05) is 22.5 Å². The molecule has 44 heavy (non-hydrogen) atoms. The van der Waals surface area contributed by atoms with Gasteiger partial charge in [-0.3, -0.25) is 0 Å². The summed E-state index contributed by atoms with van der Waals surface area (Å²) in [4.78, 5) is 2.35. The Labute approximate surface area is 259 Å². The number of hydrogen-bond donors (Lipinski definition) is 0. The van der Waals surface area contributed by atoms with Crippen molar-refractivity contribution in [2.45, 2.75) is 19.3 Å². The van der Waals surface area contributed by atoms with E-state index in [0.717, 1.165) is 17.1 Å². The highest BCUT2D eigenvalue weighted by molar-refractivity contribution is 5.90. The number of hydrogen-bond acceptors (Lipinski definition) is 1. The molecule has 0 heterocycles. The molecule has 0 aliphatic heterocycles. The van der Waals surface area contributed by atoms with Crippen molar-refractivity contribution in [3.8, 4) is 33.4 Å². The summed E-state index contributed by atoms with van der Waals surface area (Å²) < 4.78 is 0. The van der Waals surface area contributed by atoms with Crippen LogP contribution in [0.5, 0.6) is 0 Å². The number of para-hydroxylation sites is 1. The van der Waals surface area contributed by atoms with Gasteiger partial charge in [-0.25, -0.2) is 0 Å². The number of fused-ring (bicyclic) bond motifs is 4. The van der Waals surface area contributed by atoms with Crippen molar-refractivity contribution in [2.75, 3.05) is 4.90 Å². The number of rotatable bonds is 5. The third-order valence-electron chi connectivity index (χ3n) is 9.22. The third-order valence-corrected chi connectivity index (χ3v) is 9.22. The summed E-state index contributed by atoms with van der Waals surface area (Å²) >= 11 is 0. The Balaban J connectivity index is 1.20. The quantitative estimate of drug-likeness (QED) is 0.201. The van der Waals surface area contributed by atoms with Crippen molar-refractivity contribution in [1.82, 2.24) is 0 Å². The molecule has 1 aliphatic rings. The molecule has 0 N–H and O–H groups in total. The predicted molar refractivity (Wildman–Crippen MR) is 187 cm³/mol. The molecule has 0 saturated heterocycles. The van der Waals surface area contributed by atoms with Gasteiger partial charge in [-0.2, -0.15) is 0 Å². The average molecular weight is 564 g/mol. The summed E-state index contributed by atoms with van der Waals surface area (Å²) in [5.41, 5.74) is 13.8. The van der Waals surface area contributed by atoms with Crippen LogP contribution in [0.4, 0.5) is 17.1 Å². The fraction of sp³-hybridized carbons (Fsp3) is 0.0698. The molecule has 0 fully saturated rings. The summed E-state index contributed by atoms with van der Waals surface area (Å²) in [6.45, 7) is 4.71. The Morgan fingerprint density at radius 3 is 1.82 bits per heavy atom. The fourth-order valence-corrected chi connectivity index (χ4v) is 7.10.